The van der Waals surface area contributed by atoms with Crippen LogP contribution in [0.25, 0.3) is 21.8 Å². The summed E-state index contributed by atoms with van der Waals surface area (Å²) in [5.41, 5.74) is 12.6. The van der Waals surface area contributed by atoms with E-state index in [1.165, 1.54) is 0 Å². The van der Waals surface area contributed by atoms with Gasteiger partial charge in [-0.05, 0) is 112 Å². The Balaban J connectivity index is 1.50. The van der Waals surface area contributed by atoms with E-state index in [0.29, 0.717) is 46.9 Å². The number of aryl methyl sites for hydroxylation is 1. The molecule has 1 amide bonds. The molecule has 0 aliphatic heterocycles. The van der Waals surface area contributed by atoms with Crippen molar-refractivity contribution < 1.29 is 14.3 Å². The standard InChI is InChI=1S/C35H35ClN4O3/c1-21-32(28-20-24(43-2)17-18-31(28)40(21)35(42)22-13-15-23(36)16-14-22)27(10-7-19-37)34(41)39-33-25-8-3-5-11-29(25)38-30-12-6-4-9-26(30)33/h3,5,8,11,13-18,20,27H,4,6-7,9-10,12,19,37H2,1-2H3,(H,38,39,41). The van der Waals surface area contributed by atoms with Gasteiger partial charge in [0.2, 0.25) is 5.91 Å². The number of halogens is 1. The van der Waals surface area contributed by atoms with Gasteiger partial charge in [0.1, 0.15) is 5.75 Å². The molecular weight excluding hydrogens is 560 g/mol. The normalized spacial score (nSPS) is 13.6. The van der Waals surface area contributed by atoms with Crippen LogP contribution in [0.3, 0.4) is 0 Å². The van der Waals surface area contributed by atoms with E-state index in [0.717, 1.165) is 64.5 Å². The topological polar surface area (TPSA) is 99.2 Å². The van der Waals surface area contributed by atoms with E-state index >= 15 is 0 Å². The molecule has 43 heavy (non-hydrogen) atoms. The lowest BCUT2D eigenvalue weighted by molar-refractivity contribution is -0.117. The number of amides is 1. The number of methoxy groups -OCH3 is 1. The molecule has 6 rings (SSSR count). The van der Waals surface area contributed by atoms with Gasteiger partial charge in [-0.2, -0.15) is 0 Å². The first-order valence-electron chi connectivity index (χ1n) is 14.8. The summed E-state index contributed by atoms with van der Waals surface area (Å²) >= 11 is 6.11. The lowest BCUT2D eigenvalue weighted by Crippen LogP contribution is -2.25. The number of ether oxygens (including phenoxy) is 1. The van der Waals surface area contributed by atoms with E-state index in [2.05, 4.69) is 5.32 Å². The Morgan fingerprint density at radius 2 is 1.81 bits per heavy atom. The third-order valence-electron chi connectivity index (χ3n) is 8.53. The molecule has 0 radical (unpaired) electrons. The van der Waals surface area contributed by atoms with Crippen molar-refractivity contribution in [2.75, 3.05) is 19.0 Å². The van der Waals surface area contributed by atoms with E-state index in [-0.39, 0.29) is 11.8 Å². The molecule has 220 valence electrons. The molecule has 3 N–H and O–H groups in total. The van der Waals surface area contributed by atoms with Crippen LogP contribution in [0.2, 0.25) is 5.02 Å². The van der Waals surface area contributed by atoms with Crippen LogP contribution in [0.15, 0.2) is 66.7 Å². The minimum atomic E-state index is -0.552. The number of carbonyl (C=O) groups excluding carboxylic acids is 2. The van der Waals surface area contributed by atoms with Crippen molar-refractivity contribution in [2.45, 2.75) is 51.4 Å². The Kier molecular flexibility index (Phi) is 8.19. The molecule has 1 unspecified atom stereocenters. The van der Waals surface area contributed by atoms with Crippen molar-refractivity contribution in [3.05, 3.63) is 99.8 Å². The van der Waals surface area contributed by atoms with Crippen LogP contribution in [-0.2, 0) is 17.6 Å². The number of pyridine rings is 1. The predicted octanol–water partition coefficient (Wildman–Crippen LogP) is 7.19. The molecular formula is C35H35ClN4O3. The zero-order chi connectivity index (χ0) is 30.1. The van der Waals surface area contributed by atoms with Crippen molar-refractivity contribution in [3.8, 4) is 5.75 Å². The first kappa shape index (κ1) is 28.9. The van der Waals surface area contributed by atoms with Gasteiger partial charge in [-0.15, -0.1) is 0 Å². The Morgan fingerprint density at radius 3 is 2.58 bits per heavy atom. The zero-order valence-electron chi connectivity index (χ0n) is 24.5. The van der Waals surface area contributed by atoms with Crippen LogP contribution >= 0.6 is 11.6 Å². The summed E-state index contributed by atoms with van der Waals surface area (Å²) in [5, 5.41) is 5.66. The summed E-state index contributed by atoms with van der Waals surface area (Å²) in [5.74, 6) is -0.218. The van der Waals surface area contributed by atoms with E-state index in [1.54, 1.807) is 35.9 Å². The summed E-state index contributed by atoms with van der Waals surface area (Å²) < 4.78 is 7.27. The highest BCUT2D eigenvalue weighted by molar-refractivity contribution is 6.30. The molecule has 0 spiro atoms. The number of rotatable bonds is 8. The molecule has 1 aliphatic rings. The van der Waals surface area contributed by atoms with E-state index in [4.69, 9.17) is 27.1 Å². The first-order valence-corrected chi connectivity index (χ1v) is 15.2. The quantitative estimate of drug-likeness (QED) is 0.198. The lowest BCUT2D eigenvalue weighted by atomic mass is 9.89. The van der Waals surface area contributed by atoms with Crippen LogP contribution in [0.1, 0.15) is 64.5 Å². The van der Waals surface area contributed by atoms with Gasteiger partial charge in [-0.3, -0.25) is 19.1 Å². The summed E-state index contributed by atoms with van der Waals surface area (Å²) in [6, 6.07) is 20.4. The Morgan fingerprint density at radius 1 is 1.05 bits per heavy atom. The van der Waals surface area contributed by atoms with Crippen molar-refractivity contribution in [1.82, 2.24) is 9.55 Å². The first-order chi connectivity index (χ1) is 20.9. The van der Waals surface area contributed by atoms with Crippen LogP contribution in [0, 0.1) is 6.92 Å². The number of nitrogens with zero attached hydrogens (tertiary/aromatic N) is 2. The second kappa shape index (κ2) is 12.2. The number of fused-ring (bicyclic) bond motifs is 3. The molecule has 8 heteroatoms. The number of para-hydroxylation sites is 1. The number of hydrogen-bond acceptors (Lipinski definition) is 5. The number of nitrogens with two attached hydrogens (primary N) is 1. The fraction of sp³-hybridized carbons (Fsp3) is 0.286. The third kappa shape index (κ3) is 5.39. The average Bonchev–Trinajstić information content (AvgIpc) is 3.31. The Hall–Kier alpha value is -4.20. The molecule has 7 nitrogen and oxygen atoms in total. The minimum absolute atomic E-state index is 0.124. The van der Waals surface area contributed by atoms with Gasteiger partial charge in [-0.25, -0.2) is 0 Å². The molecule has 1 atom stereocenters. The van der Waals surface area contributed by atoms with Gasteiger partial charge in [0.25, 0.3) is 5.91 Å². The molecule has 2 aromatic heterocycles. The minimum Gasteiger partial charge on any atom is -0.497 e. The summed E-state index contributed by atoms with van der Waals surface area (Å²) in [6.07, 6.45) is 5.10. The van der Waals surface area contributed by atoms with Crippen LogP contribution in [0.5, 0.6) is 5.75 Å². The summed E-state index contributed by atoms with van der Waals surface area (Å²) in [4.78, 5) is 33.3. The zero-order valence-corrected chi connectivity index (χ0v) is 25.2. The predicted molar refractivity (Wildman–Crippen MR) is 172 cm³/mol. The van der Waals surface area contributed by atoms with E-state index < -0.39 is 5.92 Å². The molecule has 0 fully saturated rings. The monoisotopic (exact) mass is 594 g/mol. The molecule has 5 aromatic rings. The van der Waals surface area contributed by atoms with E-state index in [9.17, 15) is 9.59 Å². The van der Waals surface area contributed by atoms with Gasteiger partial charge in [0, 0.05) is 32.7 Å². The Labute approximate surface area is 256 Å². The SMILES string of the molecule is COc1ccc2c(c1)c(C(CCCN)C(=O)Nc1c3c(nc4ccccc14)CCCC3)c(C)n2C(=O)c1ccc(Cl)cc1. The van der Waals surface area contributed by atoms with Crippen LogP contribution in [0.4, 0.5) is 5.69 Å². The number of carbonyl (C=O) groups is 2. The lowest BCUT2D eigenvalue weighted by Gasteiger charge is -2.23. The van der Waals surface area contributed by atoms with Crippen molar-refractivity contribution in [1.29, 1.82) is 0 Å². The molecule has 1 aliphatic carbocycles. The molecule has 0 saturated heterocycles. The van der Waals surface area contributed by atoms with E-state index in [1.807, 2.05) is 49.4 Å². The maximum atomic E-state index is 14.5. The third-order valence-corrected chi connectivity index (χ3v) is 8.79. The molecule has 3 aromatic carbocycles. The number of anilines is 1. The highest BCUT2D eigenvalue weighted by Gasteiger charge is 2.31. The van der Waals surface area contributed by atoms with Gasteiger partial charge >= 0.3 is 0 Å². The number of hydrogen-bond donors (Lipinski definition) is 2. The van der Waals surface area contributed by atoms with Gasteiger partial charge in [0.05, 0.1) is 29.7 Å². The largest absolute Gasteiger partial charge is 0.497 e. The van der Waals surface area contributed by atoms with Crippen molar-refractivity contribution >= 4 is 50.9 Å². The molecule has 2 heterocycles. The van der Waals surface area contributed by atoms with Crippen LogP contribution in [-0.4, -0.2) is 35.0 Å². The fourth-order valence-electron chi connectivity index (χ4n) is 6.43. The number of aromatic nitrogens is 2. The molecule has 0 saturated carbocycles. The van der Waals surface area contributed by atoms with Gasteiger partial charge in [-0.1, -0.05) is 29.8 Å². The van der Waals surface area contributed by atoms with Gasteiger partial charge in [0.15, 0.2) is 0 Å². The maximum Gasteiger partial charge on any atom is 0.262 e. The summed E-state index contributed by atoms with van der Waals surface area (Å²) in [6.45, 7) is 2.35. The average molecular weight is 595 g/mol. The molecule has 0 bridgehead atoms. The van der Waals surface area contributed by atoms with Gasteiger partial charge < -0.3 is 15.8 Å². The smallest absolute Gasteiger partial charge is 0.262 e. The number of benzene rings is 3. The van der Waals surface area contributed by atoms with Crippen molar-refractivity contribution in [2.24, 2.45) is 5.73 Å². The highest BCUT2D eigenvalue weighted by atomic mass is 35.5. The Bertz CT molecular complexity index is 1840. The second-order valence-electron chi connectivity index (χ2n) is 11.1. The fourth-order valence-corrected chi connectivity index (χ4v) is 6.55. The summed E-state index contributed by atoms with van der Waals surface area (Å²) in [7, 11) is 1.61. The second-order valence-corrected chi connectivity index (χ2v) is 11.6. The van der Waals surface area contributed by atoms with Crippen LogP contribution < -0.4 is 15.8 Å². The van der Waals surface area contributed by atoms with Crippen molar-refractivity contribution in [3.63, 3.8) is 0 Å². The maximum absolute atomic E-state index is 14.5. The highest BCUT2D eigenvalue weighted by Crippen LogP contribution is 2.39. The number of nitrogens with one attached hydrogen (secondary N) is 1.